The van der Waals surface area contributed by atoms with Gasteiger partial charge in [-0.25, -0.2) is 0 Å². The highest BCUT2D eigenvalue weighted by Crippen LogP contribution is 2.76. The lowest BCUT2D eigenvalue weighted by molar-refractivity contribution is -0.374. The average Bonchev–Trinajstić information content (AvgIpc) is 3.15. The highest BCUT2D eigenvalue weighted by atomic mass is 16.7. The first kappa shape index (κ1) is 44.7. The third kappa shape index (κ3) is 6.33. The van der Waals surface area contributed by atoms with Crippen LogP contribution >= 0.6 is 0 Å². The first-order valence-electron chi connectivity index (χ1n) is 21.2. The molecular weight excluding hydrogens is 760 g/mol. The Bertz CT molecular complexity index is 1570. The van der Waals surface area contributed by atoms with Crippen LogP contribution in [0.3, 0.4) is 0 Å². The fourth-order valence-electron chi connectivity index (χ4n) is 13.9. The Hall–Kier alpha value is -1.35. The largest absolute Gasteiger partial charge is 0.481 e. The first-order valence-corrected chi connectivity index (χ1v) is 21.2. The Morgan fingerprint density at radius 1 is 0.741 bits per heavy atom. The summed E-state index contributed by atoms with van der Waals surface area (Å²) in [6.45, 7) is 10.9. The van der Waals surface area contributed by atoms with Crippen molar-refractivity contribution in [3.63, 3.8) is 0 Å². The van der Waals surface area contributed by atoms with Crippen LogP contribution in [0.5, 0.6) is 0 Å². The highest BCUT2D eigenvalue weighted by molar-refractivity contribution is 5.77. The Kier molecular flexibility index (Phi) is 11.7. The topological polar surface area (TPSA) is 277 Å². The van der Waals surface area contributed by atoms with Crippen LogP contribution in [0.15, 0.2) is 11.6 Å². The van der Waals surface area contributed by atoms with E-state index in [1.54, 1.807) is 0 Å². The number of carbonyl (C=O) groups is 1. The van der Waals surface area contributed by atoms with Crippen molar-refractivity contribution in [3.8, 4) is 0 Å². The molecule has 11 N–H and O–H groups in total. The Labute approximate surface area is 339 Å². The van der Waals surface area contributed by atoms with Gasteiger partial charge in [-0.2, -0.15) is 0 Å². The van der Waals surface area contributed by atoms with E-state index in [0.717, 1.165) is 12.0 Å². The summed E-state index contributed by atoms with van der Waals surface area (Å²) >= 11 is 0. The van der Waals surface area contributed by atoms with E-state index in [1.807, 2.05) is 6.92 Å². The molecule has 0 bridgehead atoms. The predicted octanol–water partition coefficient (Wildman–Crippen LogP) is -0.204. The predicted molar refractivity (Wildman–Crippen MR) is 202 cm³/mol. The van der Waals surface area contributed by atoms with Gasteiger partial charge in [-0.05, 0) is 90.8 Å². The van der Waals surface area contributed by atoms with E-state index >= 15 is 0 Å². The lowest BCUT2D eigenvalue weighted by atomic mass is 9.33. The molecule has 2 heterocycles. The zero-order valence-electron chi connectivity index (χ0n) is 34.6. The van der Waals surface area contributed by atoms with E-state index in [-0.39, 0.29) is 29.6 Å². The molecule has 58 heavy (non-hydrogen) atoms. The lowest BCUT2D eigenvalue weighted by Crippen LogP contribution is -2.70. The number of fused-ring (bicyclic) bond motifs is 7. The van der Waals surface area contributed by atoms with E-state index in [0.29, 0.717) is 38.5 Å². The number of aliphatic carboxylic acids is 1. The first-order chi connectivity index (χ1) is 27.0. The van der Waals surface area contributed by atoms with Crippen molar-refractivity contribution in [2.24, 2.45) is 50.2 Å². The number of carboxylic acid groups (broad SMARTS) is 1. The van der Waals surface area contributed by atoms with E-state index in [1.165, 1.54) is 0 Å². The van der Waals surface area contributed by atoms with Crippen molar-refractivity contribution >= 4 is 5.97 Å². The molecule has 7 aliphatic rings. The molecule has 4 saturated carbocycles. The van der Waals surface area contributed by atoms with Crippen molar-refractivity contribution in [1.29, 1.82) is 0 Å². The average molecular weight is 829 g/mol. The molecule has 7 rings (SSSR count). The maximum absolute atomic E-state index is 13.1. The molecule has 2 saturated heterocycles. The van der Waals surface area contributed by atoms with E-state index in [4.69, 9.17) is 18.9 Å². The minimum absolute atomic E-state index is 0.0208. The Morgan fingerprint density at radius 2 is 1.36 bits per heavy atom. The number of carboxylic acids is 1. The molecule has 0 aromatic heterocycles. The van der Waals surface area contributed by atoms with Crippen LogP contribution in [0.1, 0.15) is 92.9 Å². The lowest BCUT2D eigenvalue weighted by Gasteiger charge is -2.72. The molecule has 0 aromatic rings. The van der Waals surface area contributed by atoms with Gasteiger partial charge in [0.2, 0.25) is 0 Å². The number of hydrogen-bond donors (Lipinski definition) is 11. The standard InChI is InChI=1S/C42H68O16/c1-37(2)11-12-42(36(53)54)20(13-37)19-7-8-25-38(3)14-21(46)33(39(4,18-45)24(38)9-10-40(25,5)41(19,6)15-26(42)47)58-35-31(52)29(50)32(23(17-44)56-35)57-34-30(51)28(49)27(48)22(16-43)55-34/h7,20-35,43-52H,8-18H2,1-6H3,(H,53,54)/t20-,21-,22+,23+,24+,25+,26+,27+,28-,29+,30+,31+,32+,33-,34-,35-,38-,39-,40+,41+,42+/m0/s1. The van der Waals surface area contributed by atoms with Crippen LogP contribution in [-0.2, 0) is 23.7 Å². The summed E-state index contributed by atoms with van der Waals surface area (Å²) in [6.07, 6.45) is -13.1. The quantitative estimate of drug-likeness (QED) is 0.112. The fourth-order valence-corrected chi connectivity index (χ4v) is 13.9. The van der Waals surface area contributed by atoms with Crippen molar-refractivity contribution in [2.45, 2.75) is 173 Å². The Morgan fingerprint density at radius 3 is 1.98 bits per heavy atom. The van der Waals surface area contributed by atoms with Crippen molar-refractivity contribution in [1.82, 2.24) is 0 Å². The number of rotatable bonds is 8. The van der Waals surface area contributed by atoms with Gasteiger partial charge in [0.25, 0.3) is 0 Å². The van der Waals surface area contributed by atoms with Gasteiger partial charge in [0.1, 0.15) is 54.2 Å². The minimum atomic E-state index is -1.82. The van der Waals surface area contributed by atoms with Gasteiger partial charge < -0.3 is 75.1 Å². The maximum atomic E-state index is 13.1. The molecule has 21 atom stereocenters. The van der Waals surface area contributed by atoms with Crippen LogP contribution in [0, 0.1) is 50.2 Å². The number of ether oxygens (including phenoxy) is 4. The normalized spacial score (nSPS) is 55.3. The van der Waals surface area contributed by atoms with E-state index < -0.39 is 133 Å². The van der Waals surface area contributed by atoms with E-state index in [9.17, 15) is 61.0 Å². The van der Waals surface area contributed by atoms with Crippen LogP contribution in [0.2, 0.25) is 0 Å². The van der Waals surface area contributed by atoms with Gasteiger partial charge in [-0.15, -0.1) is 0 Å². The summed E-state index contributed by atoms with van der Waals surface area (Å²) in [7, 11) is 0. The zero-order valence-corrected chi connectivity index (χ0v) is 34.6. The molecule has 0 spiro atoms. The van der Waals surface area contributed by atoms with Crippen LogP contribution in [0.4, 0.5) is 0 Å². The van der Waals surface area contributed by atoms with Gasteiger partial charge in [-0.3, -0.25) is 4.79 Å². The molecule has 5 aliphatic carbocycles. The second-order valence-corrected chi connectivity index (χ2v) is 20.8. The van der Waals surface area contributed by atoms with Gasteiger partial charge in [0.15, 0.2) is 12.6 Å². The number of allylic oxidation sites excluding steroid dienone is 2. The molecule has 2 aliphatic heterocycles. The third-order valence-electron chi connectivity index (χ3n) is 17.4. The summed E-state index contributed by atoms with van der Waals surface area (Å²) in [5, 5.41) is 120. The summed E-state index contributed by atoms with van der Waals surface area (Å²) in [4.78, 5) is 13.1. The Balaban J connectivity index is 1.14. The van der Waals surface area contributed by atoms with Gasteiger partial charge in [-0.1, -0.05) is 53.2 Å². The highest BCUT2D eigenvalue weighted by Gasteiger charge is 2.72. The number of aliphatic hydroxyl groups is 10. The molecule has 332 valence electrons. The molecule has 6 fully saturated rings. The zero-order chi connectivity index (χ0) is 42.7. The molecule has 0 amide bonds. The van der Waals surface area contributed by atoms with Crippen LogP contribution < -0.4 is 0 Å². The molecule has 0 radical (unpaired) electrons. The van der Waals surface area contributed by atoms with Gasteiger partial charge >= 0.3 is 5.97 Å². The van der Waals surface area contributed by atoms with Crippen LogP contribution in [-0.4, -0.2) is 162 Å². The number of aliphatic hydroxyl groups excluding tert-OH is 10. The fraction of sp³-hybridized carbons (Fsp3) is 0.929. The molecule has 0 unspecified atom stereocenters. The summed E-state index contributed by atoms with van der Waals surface area (Å²) in [5.41, 5.74) is -2.78. The van der Waals surface area contributed by atoms with Crippen molar-refractivity contribution in [2.75, 3.05) is 19.8 Å². The molecule has 0 aromatic carbocycles. The molecule has 16 heteroatoms. The SMILES string of the molecule is CC1(C)CC[C@]2(C(=O)O)[C@H](O)C[C@]3(C)C(=CC[C@@H]4[C@@]5(C)C[C@H](O)[C@H](O[C@@H]6O[C@H](CO)[C@@H](O[C@@H]7O[C@H](CO)[C@@H](O)[C@H](O)[C@H]7O)[C@H](O)[C@H]6O)[C@@](C)(CO)[C@@H]5CC[C@]43C)[C@@H]2C1. The summed E-state index contributed by atoms with van der Waals surface area (Å²) in [6, 6.07) is 0. The third-order valence-corrected chi connectivity index (χ3v) is 17.4. The monoisotopic (exact) mass is 828 g/mol. The van der Waals surface area contributed by atoms with Gasteiger partial charge in [0, 0.05) is 5.41 Å². The second kappa shape index (κ2) is 15.2. The van der Waals surface area contributed by atoms with Gasteiger partial charge in [0.05, 0.1) is 38.1 Å². The molecular formula is C42H68O16. The number of hydrogen-bond acceptors (Lipinski definition) is 15. The minimum Gasteiger partial charge on any atom is -0.481 e. The van der Waals surface area contributed by atoms with Crippen molar-refractivity contribution < 1.29 is 79.9 Å². The van der Waals surface area contributed by atoms with E-state index in [2.05, 4.69) is 40.7 Å². The molecule has 16 nitrogen and oxygen atoms in total. The maximum Gasteiger partial charge on any atom is 0.312 e. The smallest absolute Gasteiger partial charge is 0.312 e. The van der Waals surface area contributed by atoms with Crippen molar-refractivity contribution in [3.05, 3.63) is 11.6 Å². The van der Waals surface area contributed by atoms with Crippen LogP contribution in [0.25, 0.3) is 0 Å². The summed E-state index contributed by atoms with van der Waals surface area (Å²) < 4.78 is 23.5. The second-order valence-electron chi connectivity index (χ2n) is 20.8. The summed E-state index contributed by atoms with van der Waals surface area (Å²) in [5.74, 6) is -1.48.